The zero-order valence-corrected chi connectivity index (χ0v) is 16.4. The van der Waals surface area contributed by atoms with Crippen molar-refractivity contribution < 1.29 is 28.6 Å². The number of rotatable bonds is 6. The lowest BCUT2D eigenvalue weighted by molar-refractivity contribution is -0.307. The number of amides is 1. The molecular weight excluding hydrogens is 399 g/mol. The van der Waals surface area contributed by atoms with Crippen LogP contribution in [0.15, 0.2) is 52.4 Å². The smallest absolute Gasteiger partial charge is 0.266 e. The van der Waals surface area contributed by atoms with Gasteiger partial charge in [0.15, 0.2) is 16.7 Å². The largest absolute Gasteiger partial charge is 0.546 e. The third kappa shape index (κ3) is 4.94. The molecule has 0 aliphatic carbocycles. The summed E-state index contributed by atoms with van der Waals surface area (Å²) in [6.45, 7) is -0.598. The van der Waals surface area contributed by atoms with Crippen molar-refractivity contribution >= 4 is 40.6 Å². The second kappa shape index (κ2) is 8.78. The van der Waals surface area contributed by atoms with Gasteiger partial charge in [-0.1, -0.05) is 6.07 Å². The molecular formula is C20H16FN2O5S-. The van der Waals surface area contributed by atoms with Gasteiger partial charge in [0.25, 0.3) is 5.91 Å². The summed E-state index contributed by atoms with van der Waals surface area (Å²) in [5.41, 5.74) is 1.20. The van der Waals surface area contributed by atoms with E-state index in [1.54, 1.807) is 31.3 Å². The van der Waals surface area contributed by atoms with E-state index in [1.165, 1.54) is 48.0 Å². The summed E-state index contributed by atoms with van der Waals surface area (Å²) < 4.78 is 23.4. The zero-order valence-electron chi connectivity index (χ0n) is 15.5. The molecule has 0 aromatic heterocycles. The van der Waals surface area contributed by atoms with Gasteiger partial charge in [0.1, 0.15) is 12.4 Å². The Hall–Kier alpha value is -3.33. The lowest BCUT2D eigenvalue weighted by Gasteiger charge is -2.11. The number of amidine groups is 1. The molecule has 0 bridgehead atoms. The van der Waals surface area contributed by atoms with Crippen LogP contribution in [0.2, 0.25) is 0 Å². The van der Waals surface area contributed by atoms with Gasteiger partial charge in [-0.3, -0.25) is 9.69 Å². The molecule has 2 aromatic carbocycles. The number of carbonyl (C=O) groups excluding carboxylic acids is 2. The van der Waals surface area contributed by atoms with Crippen LogP contribution in [-0.2, 0) is 9.59 Å². The first-order chi connectivity index (χ1) is 13.9. The Kier molecular flexibility index (Phi) is 6.18. The molecule has 29 heavy (non-hydrogen) atoms. The number of methoxy groups -OCH3 is 1. The first-order valence-corrected chi connectivity index (χ1v) is 9.21. The second-order valence-electron chi connectivity index (χ2n) is 5.92. The van der Waals surface area contributed by atoms with Crippen molar-refractivity contribution in [3.63, 3.8) is 0 Å². The second-order valence-corrected chi connectivity index (χ2v) is 6.93. The minimum atomic E-state index is -1.35. The molecule has 7 nitrogen and oxygen atoms in total. The lowest BCUT2D eigenvalue weighted by Crippen LogP contribution is -2.29. The maximum atomic E-state index is 13.0. The van der Waals surface area contributed by atoms with Crippen LogP contribution in [0.4, 0.5) is 10.1 Å². The van der Waals surface area contributed by atoms with Crippen LogP contribution in [0.3, 0.4) is 0 Å². The number of hydrogen-bond donors (Lipinski definition) is 0. The zero-order chi connectivity index (χ0) is 21.0. The van der Waals surface area contributed by atoms with Crippen LogP contribution in [0, 0.1) is 5.82 Å². The van der Waals surface area contributed by atoms with Crippen molar-refractivity contribution in [3.8, 4) is 11.5 Å². The van der Waals surface area contributed by atoms with E-state index < -0.39 is 12.6 Å². The Labute approximate surface area is 170 Å². The highest BCUT2D eigenvalue weighted by atomic mass is 32.2. The van der Waals surface area contributed by atoms with Crippen LogP contribution in [-0.4, -0.2) is 42.7 Å². The summed E-state index contributed by atoms with van der Waals surface area (Å²) in [4.78, 5) is 29.3. The fourth-order valence-electron chi connectivity index (χ4n) is 2.46. The van der Waals surface area contributed by atoms with Crippen molar-refractivity contribution in [2.45, 2.75) is 0 Å². The maximum Gasteiger partial charge on any atom is 0.266 e. The van der Waals surface area contributed by atoms with Crippen molar-refractivity contribution in [1.29, 1.82) is 0 Å². The number of likely N-dealkylation sites (N-methyl/N-ethyl adjacent to an activating group) is 1. The minimum Gasteiger partial charge on any atom is -0.546 e. The van der Waals surface area contributed by atoms with Gasteiger partial charge in [-0.05, 0) is 59.8 Å². The van der Waals surface area contributed by atoms with Gasteiger partial charge < -0.3 is 19.4 Å². The molecule has 9 heteroatoms. The number of carboxylic acid groups (broad SMARTS) is 1. The molecule has 1 aliphatic rings. The molecule has 1 aliphatic heterocycles. The summed E-state index contributed by atoms with van der Waals surface area (Å²) >= 11 is 1.19. The van der Waals surface area contributed by atoms with Crippen molar-refractivity contribution in [1.82, 2.24) is 4.90 Å². The normalized spacial score (nSPS) is 16.5. The number of ether oxygens (including phenoxy) is 2. The minimum absolute atomic E-state index is 0.230. The van der Waals surface area contributed by atoms with Crippen LogP contribution in [0.25, 0.3) is 6.08 Å². The monoisotopic (exact) mass is 415 g/mol. The van der Waals surface area contributed by atoms with Crippen LogP contribution in [0.1, 0.15) is 5.56 Å². The highest BCUT2D eigenvalue weighted by molar-refractivity contribution is 8.18. The molecule has 0 radical (unpaired) electrons. The fraction of sp³-hybridized carbons (Fsp3) is 0.150. The first kappa shape index (κ1) is 20.4. The number of hydrogen-bond acceptors (Lipinski definition) is 7. The Balaban J connectivity index is 1.83. The molecule has 3 rings (SSSR count). The molecule has 1 heterocycles. The Morgan fingerprint density at radius 3 is 2.62 bits per heavy atom. The quantitative estimate of drug-likeness (QED) is 0.672. The van der Waals surface area contributed by atoms with Gasteiger partial charge >= 0.3 is 0 Å². The van der Waals surface area contributed by atoms with E-state index in [2.05, 4.69) is 4.99 Å². The van der Waals surface area contributed by atoms with E-state index in [1.807, 2.05) is 0 Å². The van der Waals surface area contributed by atoms with Gasteiger partial charge in [-0.25, -0.2) is 9.38 Å². The highest BCUT2D eigenvalue weighted by Gasteiger charge is 2.30. The van der Waals surface area contributed by atoms with Crippen LogP contribution >= 0.6 is 11.8 Å². The number of nitrogens with zero attached hydrogens (tertiary/aromatic N) is 2. The van der Waals surface area contributed by atoms with E-state index in [9.17, 15) is 19.1 Å². The number of halogens is 1. The van der Waals surface area contributed by atoms with E-state index >= 15 is 0 Å². The predicted molar refractivity (Wildman–Crippen MR) is 105 cm³/mol. The van der Waals surface area contributed by atoms with Gasteiger partial charge in [-0.2, -0.15) is 0 Å². The van der Waals surface area contributed by atoms with Gasteiger partial charge in [-0.15, -0.1) is 0 Å². The molecule has 1 saturated heterocycles. The molecule has 1 fully saturated rings. The molecule has 0 saturated carbocycles. The van der Waals surface area contributed by atoms with Crippen LogP contribution < -0.4 is 14.6 Å². The molecule has 0 spiro atoms. The number of carbonyl (C=O) groups is 2. The average molecular weight is 415 g/mol. The third-order valence-corrected chi connectivity index (χ3v) is 4.95. The summed E-state index contributed by atoms with van der Waals surface area (Å²) in [7, 11) is 3.03. The summed E-state index contributed by atoms with van der Waals surface area (Å²) in [6, 6.07) is 10.5. The Morgan fingerprint density at radius 1 is 1.24 bits per heavy atom. The summed E-state index contributed by atoms with van der Waals surface area (Å²) in [5, 5.41) is 11.0. The SMILES string of the molecule is COc1cc(/C=C2/SC(=Nc3ccc(F)cc3)N(C)C2=O)ccc1OCC(=O)[O-]. The fourth-order valence-corrected chi connectivity index (χ4v) is 3.45. The molecule has 0 atom stereocenters. The predicted octanol–water partition coefficient (Wildman–Crippen LogP) is 2.20. The average Bonchev–Trinajstić information content (AvgIpc) is 2.96. The topological polar surface area (TPSA) is 91.3 Å². The maximum absolute atomic E-state index is 13.0. The number of aliphatic carboxylic acids is 1. The van der Waals surface area contributed by atoms with Gasteiger partial charge in [0.05, 0.1) is 23.7 Å². The van der Waals surface area contributed by atoms with E-state index in [0.717, 1.165) is 0 Å². The van der Waals surface area contributed by atoms with Gasteiger partial charge in [0.2, 0.25) is 0 Å². The van der Waals surface area contributed by atoms with Crippen molar-refractivity contribution in [2.75, 3.05) is 20.8 Å². The summed E-state index contributed by atoms with van der Waals surface area (Å²) in [6.07, 6.45) is 1.67. The standard InChI is InChI=1S/C20H17FN2O5S/c1-23-19(26)17(29-20(23)22-14-6-4-13(21)5-7-14)10-12-3-8-15(16(9-12)27-2)28-11-18(24)25/h3-10H,11H2,1-2H3,(H,24,25)/p-1/b17-10+,22-20?. The Morgan fingerprint density at radius 2 is 1.97 bits per heavy atom. The molecule has 2 aromatic rings. The van der Waals surface area contributed by atoms with E-state index in [4.69, 9.17) is 9.47 Å². The highest BCUT2D eigenvalue weighted by Crippen LogP contribution is 2.35. The summed E-state index contributed by atoms with van der Waals surface area (Å²) in [5.74, 6) is -1.36. The van der Waals surface area contributed by atoms with E-state index in [-0.39, 0.29) is 17.5 Å². The third-order valence-electron chi connectivity index (χ3n) is 3.89. The first-order valence-electron chi connectivity index (χ1n) is 8.40. The molecule has 0 N–H and O–H groups in total. The molecule has 1 amide bonds. The van der Waals surface area contributed by atoms with Crippen LogP contribution in [0.5, 0.6) is 11.5 Å². The number of thioether (sulfide) groups is 1. The number of benzene rings is 2. The number of carboxylic acids is 1. The molecule has 150 valence electrons. The van der Waals surface area contributed by atoms with Gasteiger partial charge in [0, 0.05) is 7.05 Å². The van der Waals surface area contributed by atoms with Crippen molar-refractivity contribution in [3.05, 3.63) is 58.8 Å². The Bertz CT molecular complexity index is 1000. The van der Waals surface area contributed by atoms with Crippen molar-refractivity contribution in [2.24, 2.45) is 4.99 Å². The van der Waals surface area contributed by atoms with E-state index in [0.29, 0.717) is 27.1 Å². The molecule has 0 unspecified atom stereocenters. The number of aliphatic imine (C=N–C) groups is 1. The lowest BCUT2D eigenvalue weighted by atomic mass is 10.2.